The molecule has 0 spiro atoms. The second-order valence-corrected chi connectivity index (χ2v) is 9.20. The van der Waals surface area contributed by atoms with Crippen LogP contribution in [0.5, 0.6) is 5.75 Å². The molecule has 4 rings (SSSR count). The summed E-state index contributed by atoms with van der Waals surface area (Å²) >= 11 is 0. The smallest absolute Gasteiger partial charge is 0.421 e. The molecule has 0 fully saturated rings. The van der Waals surface area contributed by atoms with Crippen molar-refractivity contribution in [3.05, 3.63) is 111 Å². The van der Waals surface area contributed by atoms with Crippen LogP contribution in [-0.4, -0.2) is 27.3 Å². The fourth-order valence-electron chi connectivity index (χ4n) is 4.48. The third kappa shape index (κ3) is 5.77. The summed E-state index contributed by atoms with van der Waals surface area (Å²) in [6.07, 6.45) is 0.160. The summed E-state index contributed by atoms with van der Waals surface area (Å²) in [6.45, 7) is 7.72. The van der Waals surface area contributed by atoms with Crippen molar-refractivity contribution < 1.29 is 17.9 Å². The summed E-state index contributed by atoms with van der Waals surface area (Å²) in [5.41, 5.74) is 3.97. The largest absolute Gasteiger partial charge is 0.487 e. The monoisotopic (exact) mass is 534 g/mol. The molecule has 3 aromatic heterocycles. The maximum atomic E-state index is 13.3. The van der Waals surface area contributed by atoms with Gasteiger partial charge in [0, 0.05) is 41.6 Å². The highest BCUT2D eigenvalue weighted by molar-refractivity contribution is 6.19. The fourth-order valence-corrected chi connectivity index (χ4v) is 4.48. The molecule has 202 valence electrons. The molecular formula is C30H29F3N4O2. The molecule has 0 radical (unpaired) electrons. The lowest BCUT2D eigenvalue weighted by Gasteiger charge is -2.17. The van der Waals surface area contributed by atoms with Gasteiger partial charge in [0.25, 0.3) is 5.56 Å². The van der Waals surface area contributed by atoms with Crippen molar-refractivity contribution in [2.45, 2.75) is 47.0 Å². The SMILES string of the molecule is C/C=C(/C)C(=NC)c1cc(C)nc2c(OCc3c(C)ccnc3Cn3cccc(C(F)(F)F)c3=O)cccc12. The summed E-state index contributed by atoms with van der Waals surface area (Å²) in [7, 11) is 1.76. The number of benzene rings is 1. The lowest BCUT2D eigenvalue weighted by atomic mass is 9.98. The molecule has 0 saturated carbocycles. The molecule has 0 aliphatic rings. The number of rotatable bonds is 7. The number of pyridine rings is 3. The Bertz CT molecular complexity index is 1650. The van der Waals surface area contributed by atoms with Crippen molar-refractivity contribution in [3.63, 3.8) is 0 Å². The lowest BCUT2D eigenvalue weighted by Crippen LogP contribution is -2.29. The maximum Gasteiger partial charge on any atom is 0.421 e. The Morgan fingerprint density at radius 1 is 1.15 bits per heavy atom. The molecule has 4 aromatic rings. The van der Waals surface area contributed by atoms with Gasteiger partial charge in [-0.25, -0.2) is 4.98 Å². The van der Waals surface area contributed by atoms with Crippen LogP contribution in [0.15, 0.2) is 76.3 Å². The van der Waals surface area contributed by atoms with Crippen LogP contribution in [0.4, 0.5) is 13.2 Å². The first-order chi connectivity index (χ1) is 18.5. The third-order valence-corrected chi connectivity index (χ3v) is 6.61. The van der Waals surface area contributed by atoms with E-state index in [-0.39, 0.29) is 13.2 Å². The van der Waals surface area contributed by atoms with Crippen LogP contribution in [0.1, 0.15) is 47.5 Å². The topological polar surface area (TPSA) is 69.4 Å². The molecule has 0 saturated heterocycles. The van der Waals surface area contributed by atoms with Gasteiger partial charge in [-0.05, 0) is 69.2 Å². The number of nitrogens with zero attached hydrogens (tertiary/aromatic N) is 4. The van der Waals surface area contributed by atoms with Gasteiger partial charge in [0.1, 0.15) is 23.4 Å². The number of halogens is 3. The van der Waals surface area contributed by atoms with Gasteiger partial charge in [-0.1, -0.05) is 18.2 Å². The molecular weight excluding hydrogens is 505 g/mol. The van der Waals surface area contributed by atoms with E-state index in [2.05, 4.69) is 9.98 Å². The van der Waals surface area contributed by atoms with Crippen LogP contribution < -0.4 is 10.3 Å². The molecule has 0 aliphatic carbocycles. The minimum atomic E-state index is -4.74. The Morgan fingerprint density at radius 2 is 1.92 bits per heavy atom. The number of aryl methyl sites for hydroxylation is 2. The summed E-state index contributed by atoms with van der Waals surface area (Å²) < 4.78 is 47.1. The molecule has 39 heavy (non-hydrogen) atoms. The lowest BCUT2D eigenvalue weighted by molar-refractivity contribution is -0.138. The number of alkyl halides is 3. The zero-order valence-electron chi connectivity index (χ0n) is 22.4. The Balaban J connectivity index is 1.72. The predicted molar refractivity (Wildman–Crippen MR) is 146 cm³/mol. The van der Waals surface area contributed by atoms with Gasteiger partial charge in [0.05, 0.1) is 18.0 Å². The van der Waals surface area contributed by atoms with Gasteiger partial charge in [-0.3, -0.25) is 14.8 Å². The molecule has 0 N–H and O–H groups in total. The molecule has 0 aliphatic heterocycles. The van der Waals surface area contributed by atoms with E-state index in [1.165, 1.54) is 12.3 Å². The molecule has 1 aromatic carbocycles. The van der Waals surface area contributed by atoms with E-state index >= 15 is 0 Å². The number of ether oxygens (including phenoxy) is 1. The second kappa shape index (κ2) is 11.2. The van der Waals surface area contributed by atoms with Gasteiger partial charge in [0.2, 0.25) is 0 Å². The van der Waals surface area contributed by atoms with E-state index in [1.807, 2.05) is 58.0 Å². The molecule has 6 nitrogen and oxygen atoms in total. The van der Waals surface area contributed by atoms with E-state index in [9.17, 15) is 18.0 Å². The van der Waals surface area contributed by atoms with Crippen molar-refractivity contribution in [2.75, 3.05) is 7.05 Å². The maximum absolute atomic E-state index is 13.3. The number of allylic oxidation sites excluding steroid dienone is 2. The van der Waals surface area contributed by atoms with Crippen LogP contribution >= 0.6 is 0 Å². The van der Waals surface area contributed by atoms with E-state index in [4.69, 9.17) is 9.72 Å². The predicted octanol–water partition coefficient (Wildman–Crippen LogP) is 6.44. The second-order valence-electron chi connectivity index (χ2n) is 9.20. The highest BCUT2D eigenvalue weighted by Gasteiger charge is 2.34. The van der Waals surface area contributed by atoms with Crippen molar-refractivity contribution in [1.82, 2.24) is 14.5 Å². The van der Waals surface area contributed by atoms with Gasteiger partial charge in [0.15, 0.2) is 0 Å². The van der Waals surface area contributed by atoms with Crippen LogP contribution in [0.25, 0.3) is 10.9 Å². The number of hydrogen-bond donors (Lipinski definition) is 0. The minimum absolute atomic E-state index is 0.0927. The van der Waals surface area contributed by atoms with Crippen LogP contribution in [-0.2, 0) is 19.3 Å². The van der Waals surface area contributed by atoms with E-state index in [0.29, 0.717) is 22.5 Å². The standard InChI is InChI=1S/C30H29F3N4O2/c1-6-18(2)27(34-5)22-15-20(4)36-28-21(22)9-7-11-26(28)39-17-23-19(3)12-13-35-25(23)16-37-14-8-10-24(29(37)38)30(31,32)33/h6-15H,16-17H2,1-5H3/b18-6-,34-27?. The Hall–Kier alpha value is -4.27. The first-order valence-corrected chi connectivity index (χ1v) is 12.4. The quantitative estimate of drug-likeness (QED) is 0.256. The summed E-state index contributed by atoms with van der Waals surface area (Å²) in [5.74, 6) is 0.552. The van der Waals surface area contributed by atoms with Gasteiger partial charge in [-0.15, -0.1) is 0 Å². The summed E-state index contributed by atoms with van der Waals surface area (Å²) in [6, 6.07) is 11.5. The van der Waals surface area contributed by atoms with Crippen LogP contribution in [0, 0.1) is 13.8 Å². The molecule has 0 amide bonds. The minimum Gasteiger partial charge on any atom is -0.487 e. The van der Waals surface area contributed by atoms with Crippen LogP contribution in [0.2, 0.25) is 0 Å². The number of aromatic nitrogens is 3. The third-order valence-electron chi connectivity index (χ3n) is 6.61. The average Bonchev–Trinajstić information content (AvgIpc) is 2.89. The fraction of sp³-hybridized carbons (Fsp3) is 0.267. The molecule has 0 atom stereocenters. The van der Waals surface area contributed by atoms with Gasteiger partial charge >= 0.3 is 6.18 Å². The highest BCUT2D eigenvalue weighted by atomic mass is 19.4. The average molecular weight is 535 g/mol. The van der Waals surface area contributed by atoms with Gasteiger partial charge in [-0.2, -0.15) is 13.2 Å². The van der Waals surface area contributed by atoms with Crippen molar-refractivity contribution in [3.8, 4) is 5.75 Å². The molecule has 9 heteroatoms. The number of aliphatic imine (C=N–C) groups is 1. The first kappa shape index (κ1) is 27.8. The van der Waals surface area contributed by atoms with Crippen LogP contribution in [0.3, 0.4) is 0 Å². The molecule has 0 bridgehead atoms. The first-order valence-electron chi connectivity index (χ1n) is 12.4. The number of para-hydroxylation sites is 1. The summed E-state index contributed by atoms with van der Waals surface area (Å²) in [5, 5.41) is 0.888. The zero-order valence-corrected chi connectivity index (χ0v) is 22.4. The Morgan fingerprint density at radius 3 is 2.62 bits per heavy atom. The Labute approximate surface area is 224 Å². The van der Waals surface area contributed by atoms with Gasteiger partial charge < -0.3 is 9.30 Å². The zero-order chi connectivity index (χ0) is 28.3. The van der Waals surface area contributed by atoms with Crippen molar-refractivity contribution >= 4 is 16.6 Å². The number of hydrogen-bond acceptors (Lipinski definition) is 5. The van der Waals surface area contributed by atoms with Crippen molar-refractivity contribution in [1.29, 1.82) is 0 Å². The summed E-state index contributed by atoms with van der Waals surface area (Å²) in [4.78, 5) is 26.1. The van der Waals surface area contributed by atoms with E-state index in [0.717, 1.165) is 44.1 Å². The number of fused-ring (bicyclic) bond motifs is 1. The highest BCUT2D eigenvalue weighted by Crippen LogP contribution is 2.30. The normalized spacial score (nSPS) is 12.7. The molecule has 3 heterocycles. The van der Waals surface area contributed by atoms with E-state index in [1.54, 1.807) is 19.3 Å². The molecule has 0 unspecified atom stereocenters. The van der Waals surface area contributed by atoms with Crippen molar-refractivity contribution in [2.24, 2.45) is 4.99 Å². The van der Waals surface area contributed by atoms with E-state index < -0.39 is 17.3 Å². The Kier molecular flexibility index (Phi) is 7.99.